The molecule has 8 nitrogen and oxygen atoms in total. The molecule has 1 atom stereocenters. The Balaban J connectivity index is 1.78. The van der Waals surface area contributed by atoms with E-state index in [2.05, 4.69) is 10.3 Å². The molecule has 1 unspecified atom stereocenters. The average Bonchev–Trinajstić information content (AvgIpc) is 2.66. The van der Waals surface area contributed by atoms with Crippen LogP contribution in [0.1, 0.15) is 37.0 Å². The zero-order valence-corrected chi connectivity index (χ0v) is 15.6. The van der Waals surface area contributed by atoms with Crippen molar-refractivity contribution < 1.29 is 19.1 Å². The van der Waals surface area contributed by atoms with Gasteiger partial charge in [0.05, 0.1) is 18.2 Å². The Morgan fingerprint density at radius 2 is 1.96 bits per heavy atom. The van der Waals surface area contributed by atoms with Crippen molar-refractivity contribution in [1.82, 2.24) is 19.8 Å². The Labute approximate surface area is 160 Å². The Hall–Kier alpha value is -3.23. The van der Waals surface area contributed by atoms with Crippen LogP contribution in [0.2, 0.25) is 0 Å². The first kappa shape index (κ1) is 19.5. The van der Waals surface area contributed by atoms with Gasteiger partial charge in [0.2, 0.25) is 17.6 Å². The summed E-state index contributed by atoms with van der Waals surface area (Å²) in [4.78, 5) is 42.3. The summed E-state index contributed by atoms with van der Waals surface area (Å²) in [6.45, 7) is 3.94. The van der Waals surface area contributed by atoms with Crippen molar-refractivity contribution in [2.75, 3.05) is 6.54 Å². The highest BCUT2D eigenvalue weighted by Gasteiger charge is 2.30. The minimum Gasteiger partial charge on any atom is -0.502 e. The molecule has 0 saturated carbocycles. The second kappa shape index (κ2) is 7.79. The van der Waals surface area contributed by atoms with Crippen LogP contribution in [0, 0.1) is 5.82 Å². The van der Waals surface area contributed by atoms with Gasteiger partial charge in [-0.1, -0.05) is 12.1 Å². The van der Waals surface area contributed by atoms with Gasteiger partial charge in [0.1, 0.15) is 11.6 Å². The standard InChI is InChI=1S/C19H21FN4O4/c1-11-18-22-15(9-16(26)21-10-13-3-5-14(20)6-4-13)17(27)19(28)24(18)8-7-23(11)12(2)25/h3-6,11,27H,7-10H2,1-2H3,(H,21,26). The molecule has 9 heteroatoms. The highest BCUT2D eigenvalue weighted by atomic mass is 19.1. The monoisotopic (exact) mass is 388 g/mol. The van der Waals surface area contributed by atoms with Gasteiger partial charge in [0, 0.05) is 26.6 Å². The van der Waals surface area contributed by atoms with Crippen molar-refractivity contribution in [2.24, 2.45) is 0 Å². The van der Waals surface area contributed by atoms with Gasteiger partial charge in [-0.25, -0.2) is 9.37 Å². The van der Waals surface area contributed by atoms with Crippen molar-refractivity contribution >= 4 is 11.8 Å². The molecule has 0 radical (unpaired) electrons. The van der Waals surface area contributed by atoms with Gasteiger partial charge in [0.25, 0.3) is 5.56 Å². The van der Waals surface area contributed by atoms with E-state index in [0.717, 1.165) is 0 Å². The van der Waals surface area contributed by atoms with Crippen LogP contribution in [-0.2, 0) is 29.1 Å². The highest BCUT2D eigenvalue weighted by molar-refractivity contribution is 5.78. The van der Waals surface area contributed by atoms with Crippen molar-refractivity contribution in [1.29, 1.82) is 0 Å². The molecule has 2 aromatic rings. The molecular formula is C19H21FN4O4. The number of benzene rings is 1. The molecule has 0 fully saturated rings. The van der Waals surface area contributed by atoms with E-state index in [1.54, 1.807) is 24.0 Å². The van der Waals surface area contributed by atoms with E-state index in [0.29, 0.717) is 17.9 Å². The maximum Gasteiger partial charge on any atom is 0.296 e. The first-order valence-electron chi connectivity index (χ1n) is 8.89. The van der Waals surface area contributed by atoms with Gasteiger partial charge in [-0.3, -0.25) is 19.0 Å². The Morgan fingerprint density at radius 1 is 1.29 bits per heavy atom. The van der Waals surface area contributed by atoms with E-state index >= 15 is 0 Å². The third-order valence-corrected chi connectivity index (χ3v) is 4.79. The second-order valence-electron chi connectivity index (χ2n) is 6.69. The predicted molar refractivity (Wildman–Crippen MR) is 97.9 cm³/mol. The Bertz CT molecular complexity index is 971. The van der Waals surface area contributed by atoms with Gasteiger partial charge >= 0.3 is 0 Å². The fourth-order valence-electron chi connectivity index (χ4n) is 3.25. The molecule has 0 bridgehead atoms. The van der Waals surface area contributed by atoms with E-state index in [-0.39, 0.29) is 36.9 Å². The van der Waals surface area contributed by atoms with Gasteiger partial charge in [-0.2, -0.15) is 0 Å². The summed E-state index contributed by atoms with van der Waals surface area (Å²) in [5, 5.41) is 12.8. The zero-order valence-electron chi connectivity index (χ0n) is 15.6. The molecule has 148 valence electrons. The molecule has 0 saturated heterocycles. The molecule has 1 aliphatic rings. The number of aromatic hydroxyl groups is 1. The van der Waals surface area contributed by atoms with Crippen LogP contribution >= 0.6 is 0 Å². The van der Waals surface area contributed by atoms with E-state index in [1.807, 2.05) is 0 Å². The first-order chi connectivity index (χ1) is 13.3. The van der Waals surface area contributed by atoms with E-state index in [4.69, 9.17) is 0 Å². The number of aromatic nitrogens is 2. The van der Waals surface area contributed by atoms with Crippen molar-refractivity contribution in [3.8, 4) is 5.75 Å². The van der Waals surface area contributed by atoms with Crippen LogP contribution in [0.4, 0.5) is 4.39 Å². The molecule has 2 amide bonds. The summed E-state index contributed by atoms with van der Waals surface area (Å²) >= 11 is 0. The highest BCUT2D eigenvalue weighted by Crippen LogP contribution is 2.24. The number of rotatable bonds is 4. The van der Waals surface area contributed by atoms with Crippen molar-refractivity contribution in [2.45, 2.75) is 39.4 Å². The summed E-state index contributed by atoms with van der Waals surface area (Å²) < 4.78 is 14.3. The molecule has 1 aliphatic heterocycles. The summed E-state index contributed by atoms with van der Waals surface area (Å²) in [6.07, 6.45) is -0.289. The fraction of sp³-hybridized carbons (Fsp3) is 0.368. The second-order valence-corrected chi connectivity index (χ2v) is 6.69. The molecule has 2 N–H and O–H groups in total. The Kier molecular flexibility index (Phi) is 5.43. The predicted octanol–water partition coefficient (Wildman–Crippen LogP) is 0.870. The zero-order chi connectivity index (χ0) is 20.4. The Morgan fingerprint density at radius 3 is 2.61 bits per heavy atom. The lowest BCUT2D eigenvalue weighted by Crippen LogP contribution is -2.44. The number of fused-ring (bicyclic) bond motifs is 1. The topological polar surface area (TPSA) is 105 Å². The summed E-state index contributed by atoms with van der Waals surface area (Å²) in [7, 11) is 0. The van der Waals surface area contributed by atoms with Crippen molar-refractivity contribution in [3.05, 3.63) is 57.5 Å². The number of nitrogens with one attached hydrogen (secondary N) is 1. The first-order valence-corrected chi connectivity index (χ1v) is 8.89. The summed E-state index contributed by atoms with van der Waals surface area (Å²) in [5.41, 5.74) is 0.0506. The fourth-order valence-corrected chi connectivity index (χ4v) is 3.25. The number of hydrogen-bond donors (Lipinski definition) is 2. The molecule has 3 rings (SSSR count). The van der Waals surface area contributed by atoms with Crippen LogP contribution < -0.4 is 10.9 Å². The summed E-state index contributed by atoms with van der Waals surface area (Å²) in [6, 6.07) is 5.24. The molecule has 28 heavy (non-hydrogen) atoms. The van der Waals surface area contributed by atoms with Gasteiger partial charge in [-0.05, 0) is 24.6 Å². The molecule has 1 aromatic heterocycles. The van der Waals surface area contributed by atoms with Crippen LogP contribution in [0.5, 0.6) is 5.75 Å². The number of hydrogen-bond acceptors (Lipinski definition) is 5. The normalized spacial score (nSPS) is 15.8. The van der Waals surface area contributed by atoms with Gasteiger partial charge in [-0.15, -0.1) is 0 Å². The lowest BCUT2D eigenvalue weighted by molar-refractivity contribution is -0.132. The van der Waals surface area contributed by atoms with E-state index in [1.165, 1.54) is 23.6 Å². The molecule has 1 aromatic carbocycles. The minimum absolute atomic E-state index is 0.0369. The van der Waals surface area contributed by atoms with Crippen LogP contribution in [0.25, 0.3) is 0 Å². The van der Waals surface area contributed by atoms with Gasteiger partial charge in [0.15, 0.2) is 0 Å². The van der Waals surface area contributed by atoms with Gasteiger partial charge < -0.3 is 15.3 Å². The van der Waals surface area contributed by atoms with Crippen LogP contribution in [0.3, 0.4) is 0 Å². The number of halogens is 1. The average molecular weight is 388 g/mol. The van der Waals surface area contributed by atoms with Crippen LogP contribution in [-0.4, -0.2) is 37.9 Å². The van der Waals surface area contributed by atoms with Crippen molar-refractivity contribution in [3.63, 3.8) is 0 Å². The van der Waals surface area contributed by atoms with E-state index in [9.17, 15) is 23.9 Å². The molecular weight excluding hydrogens is 367 g/mol. The quantitative estimate of drug-likeness (QED) is 0.809. The molecule has 0 aliphatic carbocycles. The number of carbonyl (C=O) groups is 2. The maximum atomic E-state index is 12.9. The summed E-state index contributed by atoms with van der Waals surface area (Å²) in [5.74, 6) is -1.18. The number of carbonyl (C=O) groups excluding carboxylic acids is 2. The minimum atomic E-state index is -0.624. The number of amides is 2. The third kappa shape index (κ3) is 3.88. The smallest absolute Gasteiger partial charge is 0.296 e. The molecule has 0 spiro atoms. The number of nitrogens with zero attached hydrogens (tertiary/aromatic N) is 3. The largest absolute Gasteiger partial charge is 0.502 e. The lowest BCUT2D eigenvalue weighted by atomic mass is 10.1. The lowest BCUT2D eigenvalue weighted by Gasteiger charge is -2.34. The third-order valence-electron chi connectivity index (χ3n) is 4.79. The maximum absolute atomic E-state index is 12.9. The van der Waals surface area contributed by atoms with E-state index < -0.39 is 23.3 Å². The SMILES string of the molecule is CC(=O)N1CCn2c(nc(CC(=O)NCc3ccc(F)cc3)c(O)c2=O)C1C. The van der Waals surface area contributed by atoms with Crippen LogP contribution in [0.15, 0.2) is 29.1 Å². The molecule has 2 heterocycles.